The first-order valence-electron chi connectivity index (χ1n) is 6.63. The van der Waals surface area contributed by atoms with Gasteiger partial charge in [-0.2, -0.15) is 0 Å². The molecule has 0 amide bonds. The molecule has 96 valence electrons. The van der Waals surface area contributed by atoms with Crippen molar-refractivity contribution in [3.8, 4) is 0 Å². The number of H-pyrrole nitrogens is 1. The summed E-state index contributed by atoms with van der Waals surface area (Å²) in [5.41, 5.74) is 1.28. The third-order valence-electron chi connectivity index (χ3n) is 3.45. The second kappa shape index (κ2) is 6.67. The van der Waals surface area contributed by atoms with Crippen LogP contribution in [0.2, 0.25) is 0 Å². The number of nitrogens with zero attached hydrogens (tertiary/aromatic N) is 2. The molecule has 2 heterocycles. The molecule has 1 aromatic rings. The molecule has 0 spiro atoms. The van der Waals surface area contributed by atoms with Crippen LogP contribution in [-0.4, -0.2) is 56.2 Å². The Bertz CT molecular complexity index is 290. The van der Waals surface area contributed by atoms with Gasteiger partial charge in [0.2, 0.25) is 0 Å². The largest absolute Gasteiger partial charge is 0.373 e. The topological polar surface area (TPSA) is 34.3 Å². The van der Waals surface area contributed by atoms with E-state index in [-0.39, 0.29) is 0 Å². The standard InChI is InChI=1S/C13H24N4/c1-16(13-4-5-15-12-13)8-2-3-9-17-10-6-14-7-11-17/h4-5,12,14-15H,2-3,6-11H2,1H3. The zero-order chi connectivity index (χ0) is 11.9. The lowest BCUT2D eigenvalue weighted by Gasteiger charge is -2.27. The summed E-state index contributed by atoms with van der Waals surface area (Å²) < 4.78 is 0. The number of aromatic nitrogens is 1. The van der Waals surface area contributed by atoms with Crippen molar-refractivity contribution in [1.82, 2.24) is 15.2 Å². The average Bonchev–Trinajstić information content (AvgIpc) is 2.89. The normalized spacial score (nSPS) is 17.2. The highest BCUT2D eigenvalue weighted by atomic mass is 15.2. The lowest BCUT2D eigenvalue weighted by Crippen LogP contribution is -2.43. The number of anilines is 1. The van der Waals surface area contributed by atoms with Gasteiger partial charge in [0, 0.05) is 52.2 Å². The Labute approximate surface area is 104 Å². The molecule has 1 saturated heterocycles. The van der Waals surface area contributed by atoms with Crippen molar-refractivity contribution in [2.24, 2.45) is 0 Å². The molecule has 0 unspecified atom stereocenters. The molecule has 0 atom stereocenters. The molecule has 4 nitrogen and oxygen atoms in total. The summed E-state index contributed by atoms with van der Waals surface area (Å²) in [5.74, 6) is 0. The first kappa shape index (κ1) is 12.5. The van der Waals surface area contributed by atoms with E-state index in [1.54, 1.807) is 0 Å². The molecule has 4 heteroatoms. The van der Waals surface area contributed by atoms with Gasteiger partial charge in [-0.05, 0) is 25.5 Å². The minimum Gasteiger partial charge on any atom is -0.373 e. The van der Waals surface area contributed by atoms with E-state index < -0.39 is 0 Å². The van der Waals surface area contributed by atoms with Crippen molar-refractivity contribution in [1.29, 1.82) is 0 Å². The monoisotopic (exact) mass is 236 g/mol. The van der Waals surface area contributed by atoms with E-state index in [4.69, 9.17) is 0 Å². The summed E-state index contributed by atoms with van der Waals surface area (Å²) in [5, 5.41) is 3.39. The predicted molar refractivity (Wildman–Crippen MR) is 72.6 cm³/mol. The fourth-order valence-corrected chi connectivity index (χ4v) is 2.30. The highest BCUT2D eigenvalue weighted by Crippen LogP contribution is 2.10. The van der Waals surface area contributed by atoms with Gasteiger partial charge in [-0.1, -0.05) is 0 Å². The number of aromatic amines is 1. The third kappa shape index (κ3) is 4.06. The molecule has 1 fully saturated rings. The molecule has 0 radical (unpaired) electrons. The molecule has 0 aromatic carbocycles. The van der Waals surface area contributed by atoms with Crippen molar-refractivity contribution in [2.45, 2.75) is 12.8 Å². The number of hydrogen-bond donors (Lipinski definition) is 2. The maximum absolute atomic E-state index is 3.39. The highest BCUT2D eigenvalue weighted by Gasteiger charge is 2.08. The van der Waals surface area contributed by atoms with Gasteiger partial charge in [-0.15, -0.1) is 0 Å². The number of nitrogens with one attached hydrogen (secondary N) is 2. The van der Waals surface area contributed by atoms with Gasteiger partial charge in [0.25, 0.3) is 0 Å². The Balaban J connectivity index is 1.56. The fraction of sp³-hybridized carbons (Fsp3) is 0.692. The summed E-state index contributed by atoms with van der Waals surface area (Å²) in [4.78, 5) is 7.97. The Morgan fingerprint density at radius 1 is 1.29 bits per heavy atom. The fourth-order valence-electron chi connectivity index (χ4n) is 2.30. The minimum absolute atomic E-state index is 1.14. The van der Waals surface area contributed by atoms with E-state index in [0.29, 0.717) is 0 Å². The lowest BCUT2D eigenvalue weighted by atomic mass is 10.2. The minimum atomic E-state index is 1.14. The van der Waals surface area contributed by atoms with Gasteiger partial charge in [0.15, 0.2) is 0 Å². The van der Waals surface area contributed by atoms with Crippen LogP contribution < -0.4 is 10.2 Å². The molecule has 0 saturated carbocycles. The zero-order valence-electron chi connectivity index (χ0n) is 10.8. The van der Waals surface area contributed by atoms with Crippen LogP contribution in [0, 0.1) is 0 Å². The lowest BCUT2D eigenvalue weighted by molar-refractivity contribution is 0.237. The molecule has 2 N–H and O–H groups in total. The molecule has 2 rings (SSSR count). The smallest absolute Gasteiger partial charge is 0.0541 e. The van der Waals surface area contributed by atoms with Gasteiger partial charge in [-0.3, -0.25) is 0 Å². The quantitative estimate of drug-likeness (QED) is 0.727. The number of hydrogen-bond acceptors (Lipinski definition) is 3. The predicted octanol–water partition coefficient (Wildman–Crippen LogP) is 1.14. The van der Waals surface area contributed by atoms with Crippen LogP contribution >= 0.6 is 0 Å². The molecule has 1 aliphatic heterocycles. The molecule has 1 aromatic heterocycles. The van der Waals surface area contributed by atoms with Gasteiger partial charge in [0.05, 0.1) is 5.69 Å². The van der Waals surface area contributed by atoms with Crippen molar-refractivity contribution in [3.05, 3.63) is 18.5 Å². The summed E-state index contributed by atoms with van der Waals surface area (Å²) in [7, 11) is 2.16. The average molecular weight is 236 g/mol. The van der Waals surface area contributed by atoms with Crippen LogP contribution in [0.15, 0.2) is 18.5 Å². The molecule has 0 aliphatic carbocycles. The Morgan fingerprint density at radius 3 is 2.82 bits per heavy atom. The Kier molecular flexibility index (Phi) is 4.88. The van der Waals surface area contributed by atoms with Crippen molar-refractivity contribution in [3.63, 3.8) is 0 Å². The summed E-state index contributed by atoms with van der Waals surface area (Å²) in [6.07, 6.45) is 6.60. The van der Waals surface area contributed by atoms with Crippen LogP contribution in [0.5, 0.6) is 0 Å². The highest BCUT2D eigenvalue weighted by molar-refractivity contribution is 5.42. The van der Waals surface area contributed by atoms with Crippen LogP contribution in [0.3, 0.4) is 0 Å². The maximum atomic E-state index is 3.39. The summed E-state index contributed by atoms with van der Waals surface area (Å²) in [6, 6.07) is 2.12. The van der Waals surface area contributed by atoms with Crippen LogP contribution in [0.4, 0.5) is 5.69 Å². The Hall–Kier alpha value is -1.00. The molecule has 0 bridgehead atoms. The van der Waals surface area contributed by atoms with Crippen molar-refractivity contribution in [2.75, 3.05) is 51.2 Å². The number of rotatable bonds is 6. The maximum Gasteiger partial charge on any atom is 0.0541 e. The SMILES string of the molecule is CN(CCCCN1CCNCC1)c1cc[nH]c1. The summed E-state index contributed by atoms with van der Waals surface area (Å²) >= 11 is 0. The second-order valence-corrected chi connectivity index (χ2v) is 4.79. The van der Waals surface area contributed by atoms with Crippen LogP contribution in [0.1, 0.15) is 12.8 Å². The van der Waals surface area contributed by atoms with Crippen molar-refractivity contribution >= 4 is 5.69 Å². The first-order chi connectivity index (χ1) is 8.36. The van der Waals surface area contributed by atoms with Gasteiger partial charge in [0.1, 0.15) is 0 Å². The van der Waals surface area contributed by atoms with E-state index >= 15 is 0 Å². The summed E-state index contributed by atoms with van der Waals surface area (Å²) in [6.45, 7) is 7.14. The molecule has 17 heavy (non-hydrogen) atoms. The van der Waals surface area contributed by atoms with E-state index in [1.807, 2.05) is 6.20 Å². The first-order valence-corrected chi connectivity index (χ1v) is 6.63. The number of piperazine rings is 1. The molecular formula is C13H24N4. The van der Waals surface area contributed by atoms with Gasteiger partial charge >= 0.3 is 0 Å². The van der Waals surface area contributed by atoms with Gasteiger partial charge < -0.3 is 20.1 Å². The molecular weight excluding hydrogens is 212 g/mol. The Morgan fingerprint density at radius 2 is 2.12 bits per heavy atom. The number of unbranched alkanes of at least 4 members (excludes halogenated alkanes) is 1. The van der Waals surface area contributed by atoms with Crippen LogP contribution in [0.25, 0.3) is 0 Å². The van der Waals surface area contributed by atoms with E-state index in [0.717, 1.165) is 19.6 Å². The second-order valence-electron chi connectivity index (χ2n) is 4.79. The van der Waals surface area contributed by atoms with E-state index in [2.05, 4.69) is 39.4 Å². The third-order valence-corrected chi connectivity index (χ3v) is 3.45. The zero-order valence-corrected chi connectivity index (χ0v) is 10.8. The van der Waals surface area contributed by atoms with Gasteiger partial charge in [-0.25, -0.2) is 0 Å². The van der Waals surface area contributed by atoms with E-state index in [9.17, 15) is 0 Å². The molecule has 1 aliphatic rings. The van der Waals surface area contributed by atoms with Crippen LogP contribution in [-0.2, 0) is 0 Å². The van der Waals surface area contributed by atoms with Crippen molar-refractivity contribution < 1.29 is 0 Å². The van der Waals surface area contributed by atoms with E-state index in [1.165, 1.54) is 38.2 Å².